The maximum Gasteiger partial charge on any atom is 0.316 e. The van der Waals surface area contributed by atoms with Crippen molar-refractivity contribution in [3.05, 3.63) is 0 Å². The zero-order valence-electron chi connectivity index (χ0n) is 26.5. The molecule has 1 unspecified atom stereocenters. The minimum atomic E-state index is -2.38. The summed E-state index contributed by atoms with van der Waals surface area (Å²) in [6.45, 7) is 30.4. The Kier molecular flexibility index (Phi) is 15.4. The van der Waals surface area contributed by atoms with Crippen LogP contribution >= 0.6 is 0 Å². The Bertz CT molecular complexity index is 726. The molecule has 1 aliphatic rings. The highest BCUT2D eigenvalue weighted by molar-refractivity contribution is 6.89. The van der Waals surface area contributed by atoms with Crippen LogP contribution in [0.1, 0.15) is 46.0 Å². The van der Waals surface area contributed by atoms with Gasteiger partial charge in [0.15, 0.2) is 34.0 Å². The monoisotopic (exact) mass is 626 g/mol. The molecule has 0 aromatic rings. The smallest absolute Gasteiger partial charge is 0.316 e. The fraction of sp³-hybridized carbons (Fsp3) is 0.917. The lowest BCUT2D eigenvalue weighted by molar-refractivity contribution is -0.152. The van der Waals surface area contributed by atoms with E-state index in [1.165, 1.54) is 31.7 Å². The quantitative estimate of drug-likeness (QED) is 0.106. The van der Waals surface area contributed by atoms with E-state index in [1.807, 2.05) is 26.2 Å². The summed E-state index contributed by atoms with van der Waals surface area (Å²) in [5.74, 6) is -0.855. The van der Waals surface area contributed by atoms with Crippen LogP contribution in [0.15, 0.2) is 0 Å². The lowest BCUT2D eigenvalue weighted by Crippen LogP contribution is -2.54. The van der Waals surface area contributed by atoms with Crippen LogP contribution in [-0.2, 0) is 30.8 Å². The normalized spacial score (nSPS) is 17.6. The minimum Gasteiger partial charge on any atom is -0.440 e. The third kappa shape index (κ3) is 16.2. The summed E-state index contributed by atoms with van der Waals surface area (Å²) in [6, 6.07) is 2.39. The van der Waals surface area contributed by atoms with Gasteiger partial charge in [0.2, 0.25) is 0 Å². The van der Waals surface area contributed by atoms with E-state index in [0.717, 1.165) is 6.04 Å². The second-order valence-corrected chi connectivity index (χ2v) is 36.2. The van der Waals surface area contributed by atoms with Crippen molar-refractivity contribution >= 4 is 63.1 Å². The van der Waals surface area contributed by atoms with Crippen molar-refractivity contribution in [2.45, 2.75) is 142 Å². The van der Waals surface area contributed by atoms with Gasteiger partial charge in [0.25, 0.3) is 0 Å². The number of rotatable bonds is 15. The first-order chi connectivity index (χ1) is 16.6. The van der Waals surface area contributed by atoms with Gasteiger partial charge >= 0.3 is 29.1 Å². The van der Waals surface area contributed by atoms with E-state index in [4.69, 9.17) is 16.5 Å². The van der Waals surface area contributed by atoms with Crippen LogP contribution in [0.3, 0.4) is 0 Å². The summed E-state index contributed by atoms with van der Waals surface area (Å²) in [7, 11) is -10.7. The molecule has 0 aromatic carbocycles. The van der Waals surface area contributed by atoms with Crippen LogP contribution in [0.4, 0.5) is 0 Å². The molecule has 0 spiro atoms. The zero-order chi connectivity index (χ0) is 29.3. The van der Waals surface area contributed by atoms with Gasteiger partial charge in [0, 0.05) is 0 Å². The average Bonchev–Trinajstić information content (AvgIpc) is 3.00. The fourth-order valence-corrected chi connectivity index (χ4v) is 31.5. The van der Waals surface area contributed by atoms with Gasteiger partial charge in [-0.1, -0.05) is 39.5 Å². The molecule has 1 saturated heterocycles. The van der Waals surface area contributed by atoms with E-state index < -0.39 is 68.6 Å². The highest BCUT2D eigenvalue weighted by Crippen LogP contribution is 2.36. The third-order valence-electron chi connectivity index (χ3n) is 6.05. The van der Waals surface area contributed by atoms with Crippen LogP contribution in [0.2, 0.25) is 96.2 Å². The number of cyclic esters (lactones) is 2. The highest BCUT2D eigenvalue weighted by atomic mass is 28.5. The summed E-state index contributed by atoms with van der Waals surface area (Å²) < 4.78 is 29.9. The number of ether oxygens (including phenoxy) is 1. The highest BCUT2D eigenvalue weighted by Gasteiger charge is 2.50. The van der Waals surface area contributed by atoms with Gasteiger partial charge < -0.3 is 21.2 Å². The molecular formula is C24H58O7Si6. The maximum absolute atomic E-state index is 11.8. The van der Waals surface area contributed by atoms with Gasteiger partial charge in [-0.3, -0.25) is 9.59 Å². The molecular weight excluding hydrogens is 569 g/mol. The number of carbonyl (C=O) groups is 2. The SMILES string of the molecule is CCCC[Si](C)(C)O[Si](C)(C)O[SiH](C)C.CCCC[Si](C)(C)O[Si](C)(C)O[Si](C)(C)C1CC(=O)OC1=O. The largest absolute Gasteiger partial charge is 0.440 e. The van der Waals surface area contributed by atoms with Crippen molar-refractivity contribution in [2.24, 2.45) is 0 Å². The van der Waals surface area contributed by atoms with Crippen molar-refractivity contribution in [3.8, 4) is 0 Å². The van der Waals surface area contributed by atoms with Crippen LogP contribution < -0.4 is 0 Å². The van der Waals surface area contributed by atoms with Crippen molar-refractivity contribution in [1.82, 2.24) is 0 Å². The first-order valence-electron chi connectivity index (χ1n) is 14.1. The third-order valence-corrected chi connectivity index (χ3v) is 27.9. The Morgan fingerprint density at radius 2 is 1.19 bits per heavy atom. The average molecular weight is 627 g/mol. The zero-order valence-corrected chi connectivity index (χ0v) is 32.6. The molecule has 0 radical (unpaired) electrons. The lowest BCUT2D eigenvalue weighted by Gasteiger charge is -2.39. The van der Waals surface area contributed by atoms with E-state index in [1.54, 1.807) is 0 Å². The van der Waals surface area contributed by atoms with Gasteiger partial charge in [-0.25, -0.2) is 0 Å². The summed E-state index contributed by atoms with van der Waals surface area (Å²) in [4.78, 5) is 23.2. The molecule has 0 N–H and O–H groups in total. The molecule has 220 valence electrons. The molecule has 1 heterocycles. The van der Waals surface area contributed by atoms with Gasteiger partial charge in [0.05, 0.1) is 12.0 Å². The van der Waals surface area contributed by atoms with Crippen molar-refractivity contribution in [1.29, 1.82) is 0 Å². The molecule has 1 atom stereocenters. The van der Waals surface area contributed by atoms with Gasteiger partial charge in [-0.2, -0.15) is 0 Å². The molecule has 7 nitrogen and oxygen atoms in total. The van der Waals surface area contributed by atoms with Crippen molar-refractivity contribution in [3.63, 3.8) is 0 Å². The van der Waals surface area contributed by atoms with Crippen LogP contribution in [0, 0.1) is 0 Å². The van der Waals surface area contributed by atoms with Gasteiger partial charge in [-0.05, 0) is 90.7 Å². The minimum absolute atomic E-state index is 0.152. The Balaban J connectivity index is 0.000000757. The van der Waals surface area contributed by atoms with E-state index in [-0.39, 0.29) is 6.42 Å². The van der Waals surface area contributed by atoms with E-state index in [2.05, 4.69) is 71.0 Å². The lowest BCUT2D eigenvalue weighted by atomic mass is 10.3. The Morgan fingerprint density at radius 3 is 1.54 bits per heavy atom. The first kappa shape index (κ1) is 37.3. The Labute approximate surface area is 235 Å². The molecule has 1 aliphatic heterocycles. The second-order valence-electron chi connectivity index (χ2n) is 13.2. The molecule has 0 amide bonds. The number of hydrogen-bond acceptors (Lipinski definition) is 7. The van der Waals surface area contributed by atoms with E-state index >= 15 is 0 Å². The Morgan fingerprint density at radius 1 is 0.757 bits per heavy atom. The van der Waals surface area contributed by atoms with Crippen LogP contribution in [-0.4, -0.2) is 63.1 Å². The molecule has 0 saturated carbocycles. The topological polar surface area (TPSA) is 80.3 Å². The standard InChI is InChI=1S/C14H30O5Si3.C10H28O2Si3/c1-8-9-10-20(2,3)18-22(6,7)19-21(4,5)12-11-13(15)17-14(12)16;1-8-9-10-14(4,5)12-15(6,7)11-13(2)3/h12H,8-11H2,1-7H3;13H,8-10H2,1-7H3. The van der Waals surface area contributed by atoms with Gasteiger partial charge in [-0.15, -0.1) is 0 Å². The summed E-state index contributed by atoms with van der Waals surface area (Å²) in [5, 5.41) is 0. The van der Waals surface area contributed by atoms with Crippen molar-refractivity contribution < 1.29 is 30.8 Å². The van der Waals surface area contributed by atoms with Crippen LogP contribution in [0.25, 0.3) is 0 Å². The van der Waals surface area contributed by atoms with E-state index in [0.29, 0.717) is 0 Å². The number of carbonyl (C=O) groups excluding carboxylic acids is 2. The van der Waals surface area contributed by atoms with Gasteiger partial charge in [0.1, 0.15) is 0 Å². The predicted molar refractivity (Wildman–Crippen MR) is 170 cm³/mol. The maximum atomic E-state index is 11.8. The fourth-order valence-electron chi connectivity index (χ4n) is 4.96. The number of esters is 2. The second kappa shape index (κ2) is 15.3. The predicted octanol–water partition coefficient (Wildman–Crippen LogP) is 7.49. The summed E-state index contributed by atoms with van der Waals surface area (Å²) in [6.07, 6.45) is 5.05. The van der Waals surface area contributed by atoms with E-state index in [9.17, 15) is 9.59 Å². The van der Waals surface area contributed by atoms with Crippen LogP contribution in [0.5, 0.6) is 0 Å². The van der Waals surface area contributed by atoms with Crippen molar-refractivity contribution in [2.75, 3.05) is 0 Å². The number of unbranched alkanes of at least 4 members (excludes halogenated alkanes) is 2. The first-order valence-corrected chi connectivity index (χ1v) is 31.7. The Hall–Kier alpha value is 0.281. The molecule has 0 aliphatic carbocycles. The number of hydrogen-bond donors (Lipinski definition) is 0. The molecule has 1 fully saturated rings. The summed E-state index contributed by atoms with van der Waals surface area (Å²) >= 11 is 0. The molecule has 1 rings (SSSR count). The molecule has 37 heavy (non-hydrogen) atoms. The molecule has 0 bridgehead atoms. The molecule has 13 heteroatoms. The molecule has 0 aromatic heterocycles. The summed E-state index contributed by atoms with van der Waals surface area (Å²) in [5.41, 5.74) is -0.407.